The molecule has 0 bridgehead atoms. The maximum Gasteiger partial charge on any atom is 0.321 e. The Balaban J connectivity index is 1.23. The summed E-state index contributed by atoms with van der Waals surface area (Å²) < 4.78 is 16.8. The summed E-state index contributed by atoms with van der Waals surface area (Å²) in [5.74, 6) is 0.421. The number of hydrogen-bond donors (Lipinski definition) is 3. The van der Waals surface area contributed by atoms with E-state index in [0.717, 1.165) is 0 Å². The summed E-state index contributed by atoms with van der Waals surface area (Å²) in [7, 11) is 0. The molecule has 34 heavy (non-hydrogen) atoms. The van der Waals surface area contributed by atoms with E-state index in [0.29, 0.717) is 17.2 Å². The third-order valence-electron chi connectivity index (χ3n) is 4.83. The standard InChI is InChI=1S/C25H23N3O6/c29-23(28-25(31)26-14-18-15-32-21-12-6-7-13-22(21)34-18)16-33-20-11-5-4-10-19(20)24(30)27-17-8-2-1-3-9-17/h1-13,18H,14-16H2,(H,27,30)(H2,26,28,29,31). The Morgan fingerprint density at radius 1 is 0.882 bits per heavy atom. The van der Waals surface area contributed by atoms with Crippen LogP contribution in [0.25, 0.3) is 0 Å². The molecule has 174 valence electrons. The number of fused-ring (bicyclic) bond motifs is 1. The van der Waals surface area contributed by atoms with Gasteiger partial charge in [-0.15, -0.1) is 0 Å². The van der Waals surface area contributed by atoms with Gasteiger partial charge in [0.2, 0.25) is 0 Å². The van der Waals surface area contributed by atoms with Crippen molar-refractivity contribution in [1.29, 1.82) is 0 Å². The van der Waals surface area contributed by atoms with Gasteiger partial charge in [-0.05, 0) is 36.4 Å². The molecule has 0 spiro atoms. The summed E-state index contributed by atoms with van der Waals surface area (Å²) >= 11 is 0. The minimum absolute atomic E-state index is 0.150. The van der Waals surface area contributed by atoms with Gasteiger partial charge in [-0.25, -0.2) is 4.79 Å². The second-order valence-electron chi connectivity index (χ2n) is 7.36. The zero-order valence-electron chi connectivity index (χ0n) is 18.2. The third kappa shape index (κ3) is 6.04. The fraction of sp³-hybridized carbons (Fsp3) is 0.160. The fourth-order valence-electron chi connectivity index (χ4n) is 3.22. The van der Waals surface area contributed by atoms with Crippen molar-refractivity contribution in [3.63, 3.8) is 0 Å². The van der Waals surface area contributed by atoms with Gasteiger partial charge in [-0.2, -0.15) is 0 Å². The van der Waals surface area contributed by atoms with Crippen molar-refractivity contribution in [2.24, 2.45) is 0 Å². The number of amides is 4. The second-order valence-corrected chi connectivity index (χ2v) is 7.36. The van der Waals surface area contributed by atoms with Crippen LogP contribution in [0.4, 0.5) is 10.5 Å². The molecule has 3 aromatic rings. The van der Waals surface area contributed by atoms with Crippen molar-refractivity contribution in [2.45, 2.75) is 6.10 Å². The maximum absolute atomic E-state index is 12.6. The first kappa shape index (κ1) is 22.7. The minimum atomic E-state index is -0.689. The Morgan fingerprint density at radius 3 is 2.41 bits per heavy atom. The van der Waals surface area contributed by atoms with Crippen LogP contribution in [0.15, 0.2) is 78.9 Å². The molecular weight excluding hydrogens is 438 g/mol. The smallest absolute Gasteiger partial charge is 0.321 e. The van der Waals surface area contributed by atoms with E-state index in [9.17, 15) is 14.4 Å². The average molecular weight is 461 g/mol. The highest BCUT2D eigenvalue weighted by Crippen LogP contribution is 2.30. The molecule has 0 saturated heterocycles. The van der Waals surface area contributed by atoms with Crippen molar-refractivity contribution in [3.05, 3.63) is 84.4 Å². The lowest BCUT2D eigenvalue weighted by Crippen LogP contribution is -2.47. The lowest BCUT2D eigenvalue weighted by molar-refractivity contribution is -0.122. The summed E-state index contributed by atoms with van der Waals surface area (Å²) in [4.78, 5) is 36.8. The molecule has 3 aromatic carbocycles. The molecule has 1 atom stereocenters. The van der Waals surface area contributed by atoms with Gasteiger partial charge >= 0.3 is 6.03 Å². The molecule has 0 saturated carbocycles. The highest BCUT2D eigenvalue weighted by molar-refractivity contribution is 6.06. The predicted octanol–water partition coefficient (Wildman–Crippen LogP) is 2.98. The van der Waals surface area contributed by atoms with Gasteiger partial charge in [-0.3, -0.25) is 14.9 Å². The van der Waals surface area contributed by atoms with Crippen LogP contribution in [-0.4, -0.2) is 43.7 Å². The number of anilines is 1. The number of benzene rings is 3. The Bertz CT molecular complexity index is 1170. The van der Waals surface area contributed by atoms with Gasteiger partial charge in [0.1, 0.15) is 12.4 Å². The number of imide groups is 1. The van der Waals surface area contributed by atoms with Crippen LogP contribution in [0, 0.1) is 0 Å². The quantitative estimate of drug-likeness (QED) is 0.498. The number of ether oxygens (including phenoxy) is 3. The molecule has 1 aliphatic heterocycles. The van der Waals surface area contributed by atoms with Gasteiger partial charge in [0, 0.05) is 5.69 Å². The number of nitrogens with one attached hydrogen (secondary N) is 3. The monoisotopic (exact) mass is 461 g/mol. The van der Waals surface area contributed by atoms with E-state index in [2.05, 4.69) is 16.0 Å². The molecule has 1 unspecified atom stereocenters. The van der Waals surface area contributed by atoms with Gasteiger partial charge in [0.05, 0.1) is 12.1 Å². The van der Waals surface area contributed by atoms with Crippen LogP contribution in [0.1, 0.15) is 10.4 Å². The molecular formula is C25H23N3O6. The number of para-hydroxylation sites is 4. The Hall–Kier alpha value is -4.53. The zero-order chi connectivity index (χ0) is 23.8. The van der Waals surface area contributed by atoms with Crippen LogP contribution < -0.4 is 30.2 Å². The summed E-state index contributed by atoms with van der Waals surface area (Å²) in [6.45, 7) is -0.0214. The summed E-state index contributed by atoms with van der Waals surface area (Å²) in [6.07, 6.45) is -0.387. The zero-order valence-corrected chi connectivity index (χ0v) is 18.2. The molecule has 1 aliphatic rings. The Morgan fingerprint density at radius 2 is 1.59 bits per heavy atom. The molecule has 9 nitrogen and oxygen atoms in total. The van der Waals surface area contributed by atoms with Crippen molar-refractivity contribution in [3.8, 4) is 17.2 Å². The van der Waals surface area contributed by atoms with E-state index in [1.807, 2.05) is 18.2 Å². The van der Waals surface area contributed by atoms with E-state index in [-0.39, 0.29) is 36.5 Å². The van der Waals surface area contributed by atoms with Gasteiger partial charge in [-0.1, -0.05) is 42.5 Å². The van der Waals surface area contributed by atoms with Gasteiger partial charge in [0.15, 0.2) is 24.2 Å². The second kappa shape index (κ2) is 10.9. The first-order valence-electron chi connectivity index (χ1n) is 10.6. The van der Waals surface area contributed by atoms with E-state index < -0.39 is 18.5 Å². The minimum Gasteiger partial charge on any atom is -0.486 e. The summed E-state index contributed by atoms with van der Waals surface area (Å²) in [5.41, 5.74) is 0.894. The average Bonchev–Trinajstić information content (AvgIpc) is 2.87. The van der Waals surface area contributed by atoms with Crippen LogP contribution in [-0.2, 0) is 4.79 Å². The van der Waals surface area contributed by atoms with Crippen LogP contribution in [0.3, 0.4) is 0 Å². The van der Waals surface area contributed by atoms with Gasteiger partial charge < -0.3 is 24.8 Å². The number of carbonyl (C=O) groups is 3. The number of rotatable bonds is 7. The number of urea groups is 1. The topological polar surface area (TPSA) is 115 Å². The summed E-state index contributed by atoms with van der Waals surface area (Å²) in [5, 5.41) is 7.53. The van der Waals surface area contributed by atoms with Crippen molar-refractivity contribution in [2.75, 3.05) is 25.1 Å². The van der Waals surface area contributed by atoms with Crippen molar-refractivity contribution in [1.82, 2.24) is 10.6 Å². The largest absolute Gasteiger partial charge is 0.486 e. The van der Waals surface area contributed by atoms with Crippen LogP contribution in [0.2, 0.25) is 0 Å². The molecule has 0 fully saturated rings. The first-order valence-corrected chi connectivity index (χ1v) is 10.6. The predicted molar refractivity (Wildman–Crippen MR) is 124 cm³/mol. The molecule has 9 heteroatoms. The normalized spacial score (nSPS) is 13.9. The lowest BCUT2D eigenvalue weighted by Gasteiger charge is -2.26. The Kier molecular flexibility index (Phi) is 7.24. The van der Waals surface area contributed by atoms with E-state index >= 15 is 0 Å². The third-order valence-corrected chi connectivity index (χ3v) is 4.83. The van der Waals surface area contributed by atoms with E-state index in [4.69, 9.17) is 14.2 Å². The fourth-order valence-corrected chi connectivity index (χ4v) is 3.22. The lowest BCUT2D eigenvalue weighted by atomic mass is 10.2. The molecule has 4 rings (SSSR count). The van der Waals surface area contributed by atoms with Crippen molar-refractivity contribution < 1.29 is 28.6 Å². The van der Waals surface area contributed by atoms with Crippen molar-refractivity contribution >= 4 is 23.5 Å². The molecule has 0 radical (unpaired) electrons. The molecule has 0 aliphatic carbocycles. The number of carbonyl (C=O) groups excluding carboxylic acids is 3. The summed E-state index contributed by atoms with van der Waals surface area (Å²) in [6, 6.07) is 22.1. The molecule has 4 amide bonds. The first-order chi connectivity index (χ1) is 16.6. The van der Waals surface area contributed by atoms with Gasteiger partial charge in [0.25, 0.3) is 11.8 Å². The highest BCUT2D eigenvalue weighted by Gasteiger charge is 2.21. The molecule has 0 aromatic heterocycles. The SMILES string of the molecule is O=C(COc1ccccc1C(=O)Nc1ccccc1)NC(=O)NCC1COc2ccccc2O1. The Labute approximate surface area is 196 Å². The van der Waals surface area contributed by atoms with E-state index in [1.165, 1.54) is 0 Å². The highest BCUT2D eigenvalue weighted by atomic mass is 16.6. The molecule has 1 heterocycles. The van der Waals surface area contributed by atoms with Crippen LogP contribution in [0.5, 0.6) is 17.2 Å². The number of hydrogen-bond acceptors (Lipinski definition) is 6. The van der Waals surface area contributed by atoms with Crippen LogP contribution >= 0.6 is 0 Å². The maximum atomic E-state index is 12.6. The molecule has 3 N–H and O–H groups in total. The van der Waals surface area contributed by atoms with E-state index in [1.54, 1.807) is 60.7 Å².